The lowest BCUT2D eigenvalue weighted by atomic mass is 9.99. The monoisotopic (exact) mass is 257 g/mol. The van der Waals surface area contributed by atoms with Crippen molar-refractivity contribution in [1.29, 1.82) is 0 Å². The molecule has 94 valence electrons. The van der Waals surface area contributed by atoms with Gasteiger partial charge in [-0.05, 0) is 45.6 Å². The fourth-order valence-corrected chi connectivity index (χ4v) is 1.98. The van der Waals surface area contributed by atoms with E-state index >= 15 is 0 Å². The zero-order valence-electron chi connectivity index (χ0n) is 10.3. The molecule has 1 atom stereocenters. The third-order valence-corrected chi connectivity index (χ3v) is 2.95. The molecule has 0 radical (unpaired) electrons. The summed E-state index contributed by atoms with van der Waals surface area (Å²) >= 11 is 5.88. The highest BCUT2D eigenvalue weighted by Crippen LogP contribution is 2.28. The van der Waals surface area contributed by atoms with Gasteiger partial charge < -0.3 is 9.69 Å². The normalized spacial score (nSPS) is 12.8. The van der Waals surface area contributed by atoms with Crippen LogP contribution in [0.1, 0.15) is 31.4 Å². The molecule has 17 heavy (non-hydrogen) atoms. The Hall–Kier alpha value is -0.930. The zero-order chi connectivity index (χ0) is 13.0. The van der Waals surface area contributed by atoms with Gasteiger partial charge in [0.05, 0.1) is 0 Å². The van der Waals surface area contributed by atoms with E-state index in [9.17, 15) is 9.18 Å². The number of hydrogen-bond acceptors (Lipinski definition) is 2. The van der Waals surface area contributed by atoms with Gasteiger partial charge in [-0.3, -0.25) is 0 Å². The van der Waals surface area contributed by atoms with E-state index in [1.165, 1.54) is 12.1 Å². The lowest BCUT2D eigenvalue weighted by Crippen LogP contribution is -2.21. The maximum absolute atomic E-state index is 13.7. The van der Waals surface area contributed by atoms with E-state index in [0.717, 1.165) is 0 Å². The molecule has 2 nitrogen and oxygen atoms in total. The molecule has 0 saturated heterocycles. The van der Waals surface area contributed by atoms with Crippen molar-refractivity contribution in [2.45, 2.75) is 25.8 Å². The minimum absolute atomic E-state index is 0.110. The van der Waals surface area contributed by atoms with E-state index in [1.54, 1.807) is 13.0 Å². The van der Waals surface area contributed by atoms with Crippen LogP contribution >= 0.6 is 11.6 Å². The Balaban J connectivity index is 2.96. The van der Waals surface area contributed by atoms with Crippen LogP contribution in [0.3, 0.4) is 0 Å². The van der Waals surface area contributed by atoms with Crippen molar-refractivity contribution in [3.05, 3.63) is 34.6 Å². The Bertz CT molecular complexity index is 406. The van der Waals surface area contributed by atoms with Gasteiger partial charge in [0.2, 0.25) is 0 Å². The molecule has 0 spiro atoms. The highest BCUT2D eigenvalue weighted by Gasteiger charge is 2.18. The molecule has 0 N–H and O–H groups in total. The van der Waals surface area contributed by atoms with Gasteiger partial charge >= 0.3 is 0 Å². The van der Waals surface area contributed by atoms with Crippen molar-refractivity contribution in [2.75, 3.05) is 14.1 Å². The van der Waals surface area contributed by atoms with E-state index in [4.69, 9.17) is 11.6 Å². The molecule has 0 aliphatic carbocycles. The predicted molar refractivity (Wildman–Crippen MR) is 67.8 cm³/mol. The number of hydrogen-bond donors (Lipinski definition) is 0. The minimum Gasteiger partial charge on any atom is -0.302 e. The molecule has 1 aromatic carbocycles. The highest BCUT2D eigenvalue weighted by atomic mass is 35.5. The minimum atomic E-state index is -0.281. The lowest BCUT2D eigenvalue weighted by molar-refractivity contribution is -0.117. The van der Waals surface area contributed by atoms with E-state index in [1.807, 2.05) is 19.0 Å². The Kier molecular flexibility index (Phi) is 5.09. The molecule has 1 unspecified atom stereocenters. The van der Waals surface area contributed by atoms with Crippen molar-refractivity contribution in [3.63, 3.8) is 0 Å². The Morgan fingerprint density at radius 1 is 1.47 bits per heavy atom. The van der Waals surface area contributed by atoms with Crippen LogP contribution in [0.4, 0.5) is 4.39 Å². The average molecular weight is 258 g/mol. The second-order valence-electron chi connectivity index (χ2n) is 4.39. The molecule has 1 rings (SSSR count). The summed E-state index contributed by atoms with van der Waals surface area (Å²) in [5.74, 6) is -0.170. The van der Waals surface area contributed by atoms with Crippen LogP contribution in [0.15, 0.2) is 18.2 Å². The molecule has 0 aliphatic rings. The standard InChI is InChI=1S/C13H17ClFNO/c1-9(17)4-7-13(16(2)3)11-8-10(14)5-6-12(11)15/h5-6,8,13H,4,7H2,1-3H3. The maximum atomic E-state index is 13.7. The fourth-order valence-electron chi connectivity index (χ4n) is 1.80. The van der Waals surface area contributed by atoms with Crippen LogP contribution < -0.4 is 0 Å². The summed E-state index contributed by atoms with van der Waals surface area (Å²) in [7, 11) is 3.73. The average Bonchev–Trinajstić information content (AvgIpc) is 2.22. The van der Waals surface area contributed by atoms with Crippen molar-refractivity contribution < 1.29 is 9.18 Å². The summed E-state index contributed by atoms with van der Waals surface area (Å²) < 4.78 is 13.7. The molecular weight excluding hydrogens is 241 g/mol. The SMILES string of the molecule is CC(=O)CCC(c1cc(Cl)ccc1F)N(C)C. The molecule has 0 amide bonds. The molecule has 0 bridgehead atoms. The third-order valence-electron chi connectivity index (χ3n) is 2.71. The topological polar surface area (TPSA) is 20.3 Å². The van der Waals surface area contributed by atoms with Crippen LogP contribution in [0.5, 0.6) is 0 Å². The van der Waals surface area contributed by atoms with Crippen molar-refractivity contribution in [2.24, 2.45) is 0 Å². The quantitative estimate of drug-likeness (QED) is 0.805. The summed E-state index contributed by atoms with van der Waals surface area (Å²) in [5.41, 5.74) is 0.545. The molecule has 0 fully saturated rings. The second-order valence-corrected chi connectivity index (χ2v) is 4.82. The number of nitrogens with zero attached hydrogens (tertiary/aromatic N) is 1. The smallest absolute Gasteiger partial charge is 0.129 e. The van der Waals surface area contributed by atoms with Crippen molar-refractivity contribution >= 4 is 17.4 Å². The summed E-state index contributed by atoms with van der Waals surface area (Å²) in [6.45, 7) is 1.54. The van der Waals surface area contributed by atoms with E-state index in [2.05, 4.69) is 0 Å². The van der Waals surface area contributed by atoms with Crippen LogP contribution in [-0.2, 0) is 4.79 Å². The first-order valence-corrected chi connectivity index (χ1v) is 5.90. The fraction of sp³-hybridized carbons (Fsp3) is 0.462. The molecule has 0 heterocycles. The van der Waals surface area contributed by atoms with Crippen LogP contribution in [0.25, 0.3) is 0 Å². The first-order chi connectivity index (χ1) is 7.91. The molecule has 1 aromatic rings. The van der Waals surface area contributed by atoms with Crippen LogP contribution in [0.2, 0.25) is 5.02 Å². The van der Waals surface area contributed by atoms with Gasteiger partial charge in [-0.1, -0.05) is 11.6 Å². The Morgan fingerprint density at radius 3 is 2.65 bits per heavy atom. The Labute approximate surface area is 106 Å². The van der Waals surface area contributed by atoms with Gasteiger partial charge in [-0.15, -0.1) is 0 Å². The van der Waals surface area contributed by atoms with Gasteiger partial charge in [0.15, 0.2) is 0 Å². The highest BCUT2D eigenvalue weighted by molar-refractivity contribution is 6.30. The number of Topliss-reactive ketones (excluding diaryl/α,β-unsaturated/α-hetero) is 1. The molecular formula is C13H17ClFNO. The van der Waals surface area contributed by atoms with Gasteiger partial charge in [-0.2, -0.15) is 0 Å². The first-order valence-electron chi connectivity index (χ1n) is 5.52. The number of benzene rings is 1. The predicted octanol–water partition coefficient (Wildman–Crippen LogP) is 3.45. The molecule has 4 heteroatoms. The van der Waals surface area contributed by atoms with Crippen LogP contribution in [-0.4, -0.2) is 24.8 Å². The van der Waals surface area contributed by atoms with Gasteiger partial charge in [0.25, 0.3) is 0 Å². The summed E-state index contributed by atoms with van der Waals surface area (Å²) in [6, 6.07) is 4.39. The largest absolute Gasteiger partial charge is 0.302 e. The molecule has 0 aliphatic heterocycles. The van der Waals surface area contributed by atoms with Gasteiger partial charge in [0.1, 0.15) is 11.6 Å². The second kappa shape index (κ2) is 6.12. The number of halogens is 2. The van der Waals surface area contributed by atoms with E-state index in [0.29, 0.717) is 23.4 Å². The van der Waals surface area contributed by atoms with Gasteiger partial charge in [0, 0.05) is 23.0 Å². The summed E-state index contributed by atoms with van der Waals surface area (Å²) in [6.07, 6.45) is 1.04. The van der Waals surface area contributed by atoms with Crippen molar-refractivity contribution in [3.8, 4) is 0 Å². The lowest BCUT2D eigenvalue weighted by Gasteiger charge is -2.25. The molecule has 0 saturated carbocycles. The van der Waals surface area contributed by atoms with Gasteiger partial charge in [-0.25, -0.2) is 4.39 Å². The summed E-state index contributed by atoms with van der Waals surface area (Å²) in [5, 5.41) is 0.510. The number of ketones is 1. The van der Waals surface area contributed by atoms with Crippen molar-refractivity contribution in [1.82, 2.24) is 4.90 Å². The maximum Gasteiger partial charge on any atom is 0.129 e. The molecule has 0 aromatic heterocycles. The van der Waals surface area contributed by atoms with E-state index in [-0.39, 0.29) is 17.6 Å². The first kappa shape index (κ1) is 14.1. The Morgan fingerprint density at radius 2 is 2.12 bits per heavy atom. The van der Waals surface area contributed by atoms with Crippen LogP contribution in [0, 0.1) is 5.82 Å². The summed E-state index contributed by atoms with van der Waals surface area (Å²) in [4.78, 5) is 12.9. The zero-order valence-corrected chi connectivity index (χ0v) is 11.1. The number of carbonyl (C=O) groups excluding carboxylic acids is 1. The van der Waals surface area contributed by atoms with E-state index < -0.39 is 0 Å². The third kappa shape index (κ3) is 4.10. The number of carbonyl (C=O) groups is 1. The number of rotatable bonds is 5.